The summed E-state index contributed by atoms with van der Waals surface area (Å²) in [6, 6.07) is 8.13. The monoisotopic (exact) mass is 315 g/mol. The van der Waals surface area contributed by atoms with Crippen molar-refractivity contribution >= 4 is 11.7 Å². The molecule has 4 nitrogen and oxygen atoms in total. The zero-order chi connectivity index (χ0) is 16.4. The van der Waals surface area contributed by atoms with Gasteiger partial charge in [-0.15, -0.1) is 0 Å². The summed E-state index contributed by atoms with van der Waals surface area (Å²) in [7, 11) is 1.67. The minimum absolute atomic E-state index is 0.131. The van der Waals surface area contributed by atoms with E-state index in [9.17, 15) is 9.59 Å². The number of ether oxygens (including phenoxy) is 1. The van der Waals surface area contributed by atoms with Gasteiger partial charge in [-0.05, 0) is 36.5 Å². The van der Waals surface area contributed by atoms with Gasteiger partial charge in [-0.1, -0.05) is 19.1 Å². The van der Waals surface area contributed by atoms with Gasteiger partial charge in [0.2, 0.25) is 5.91 Å². The summed E-state index contributed by atoms with van der Waals surface area (Å²) in [6.45, 7) is 3.43. The summed E-state index contributed by atoms with van der Waals surface area (Å²) in [6.07, 6.45) is 3.53. The Morgan fingerprint density at radius 1 is 1.43 bits per heavy atom. The number of carbonyl (C=O) groups excluding carboxylic acids is 2. The lowest BCUT2D eigenvalue weighted by atomic mass is 9.59. The number of piperidine rings is 1. The number of nitrogens with zero attached hydrogens (tertiary/aromatic N) is 1. The van der Waals surface area contributed by atoms with Gasteiger partial charge >= 0.3 is 0 Å². The number of likely N-dealkylation sites (tertiary alicyclic amines) is 1. The molecule has 1 aliphatic carbocycles. The molecule has 2 atom stereocenters. The van der Waals surface area contributed by atoms with Crippen LogP contribution in [0.4, 0.5) is 0 Å². The van der Waals surface area contributed by atoms with Gasteiger partial charge in [-0.2, -0.15) is 0 Å². The third kappa shape index (κ3) is 2.87. The maximum atomic E-state index is 12.2. The van der Waals surface area contributed by atoms with E-state index < -0.39 is 0 Å². The number of amides is 1. The van der Waals surface area contributed by atoms with Crippen LogP contribution >= 0.6 is 0 Å². The van der Waals surface area contributed by atoms with Gasteiger partial charge < -0.3 is 9.64 Å². The zero-order valence-electron chi connectivity index (χ0n) is 14.0. The molecule has 2 aliphatic rings. The van der Waals surface area contributed by atoms with Crippen LogP contribution in [0.3, 0.4) is 0 Å². The normalized spacial score (nSPS) is 27.5. The van der Waals surface area contributed by atoms with Crippen molar-refractivity contribution in [1.29, 1.82) is 0 Å². The molecule has 4 heteroatoms. The second-order valence-electron chi connectivity index (χ2n) is 6.78. The van der Waals surface area contributed by atoms with Gasteiger partial charge in [-0.3, -0.25) is 9.59 Å². The van der Waals surface area contributed by atoms with Gasteiger partial charge in [0.15, 0.2) is 0 Å². The Kier molecular flexibility index (Phi) is 4.42. The molecule has 1 aromatic rings. The Balaban J connectivity index is 1.95. The van der Waals surface area contributed by atoms with E-state index in [1.54, 1.807) is 7.11 Å². The Morgan fingerprint density at radius 2 is 2.26 bits per heavy atom. The van der Waals surface area contributed by atoms with Crippen molar-refractivity contribution < 1.29 is 14.3 Å². The maximum absolute atomic E-state index is 12.2. The van der Waals surface area contributed by atoms with Crippen molar-refractivity contribution in [1.82, 2.24) is 4.90 Å². The molecule has 0 aromatic heterocycles. The van der Waals surface area contributed by atoms with Crippen molar-refractivity contribution in [2.45, 2.75) is 44.4 Å². The van der Waals surface area contributed by atoms with E-state index in [1.807, 2.05) is 24.0 Å². The highest BCUT2D eigenvalue weighted by Gasteiger charge is 2.48. The number of carbonyl (C=O) groups is 2. The molecule has 2 fully saturated rings. The smallest absolute Gasteiger partial charge is 0.222 e. The molecule has 1 amide bonds. The van der Waals surface area contributed by atoms with Crippen molar-refractivity contribution in [2.75, 3.05) is 20.2 Å². The molecule has 124 valence electrons. The number of rotatable bonds is 3. The predicted molar refractivity (Wildman–Crippen MR) is 88.5 cm³/mol. The molecule has 3 rings (SSSR count). The molecule has 0 spiro atoms. The lowest BCUT2D eigenvalue weighted by Gasteiger charge is -2.50. The van der Waals surface area contributed by atoms with Gasteiger partial charge in [-0.25, -0.2) is 0 Å². The average Bonchev–Trinajstić information content (AvgIpc) is 2.60. The summed E-state index contributed by atoms with van der Waals surface area (Å²) < 4.78 is 5.38. The van der Waals surface area contributed by atoms with E-state index in [-0.39, 0.29) is 11.3 Å². The third-order valence-corrected chi connectivity index (χ3v) is 5.63. The van der Waals surface area contributed by atoms with E-state index >= 15 is 0 Å². The van der Waals surface area contributed by atoms with Crippen molar-refractivity contribution in [3.8, 4) is 5.75 Å². The number of benzene rings is 1. The van der Waals surface area contributed by atoms with Crippen LogP contribution in [-0.2, 0) is 15.0 Å². The second-order valence-corrected chi connectivity index (χ2v) is 6.78. The van der Waals surface area contributed by atoms with Gasteiger partial charge in [0, 0.05) is 37.8 Å². The van der Waals surface area contributed by atoms with Crippen LogP contribution in [-0.4, -0.2) is 36.8 Å². The second kappa shape index (κ2) is 6.34. The molecule has 1 saturated carbocycles. The Morgan fingerprint density at radius 3 is 3.00 bits per heavy atom. The fourth-order valence-corrected chi connectivity index (χ4v) is 4.31. The fraction of sp³-hybridized carbons (Fsp3) is 0.579. The molecule has 0 N–H and O–H groups in total. The molecule has 1 heterocycles. The summed E-state index contributed by atoms with van der Waals surface area (Å²) in [5.41, 5.74) is 1.06. The summed E-state index contributed by atoms with van der Waals surface area (Å²) in [4.78, 5) is 26.3. The number of hydrogen-bond acceptors (Lipinski definition) is 3. The lowest BCUT2D eigenvalue weighted by Crippen LogP contribution is -2.54. The third-order valence-electron chi connectivity index (χ3n) is 5.63. The Bertz CT molecular complexity index is 612. The lowest BCUT2D eigenvalue weighted by molar-refractivity contribution is -0.136. The SMILES string of the molecule is CCC(=O)N1CCC2(c3cccc(OC)c3)CC(=O)CCC2C1. The van der Waals surface area contributed by atoms with Crippen LogP contribution in [0, 0.1) is 5.92 Å². The van der Waals surface area contributed by atoms with Crippen LogP contribution in [0.5, 0.6) is 5.75 Å². The number of hydrogen-bond donors (Lipinski definition) is 0. The summed E-state index contributed by atoms with van der Waals surface area (Å²) in [5, 5.41) is 0. The largest absolute Gasteiger partial charge is 0.497 e. The Labute approximate surface area is 137 Å². The first-order chi connectivity index (χ1) is 11.1. The molecular weight excluding hydrogens is 290 g/mol. The fourth-order valence-electron chi connectivity index (χ4n) is 4.31. The molecule has 0 bridgehead atoms. The minimum Gasteiger partial charge on any atom is -0.497 e. The number of methoxy groups -OCH3 is 1. The molecule has 23 heavy (non-hydrogen) atoms. The maximum Gasteiger partial charge on any atom is 0.222 e. The van der Waals surface area contributed by atoms with Crippen molar-refractivity contribution in [3.05, 3.63) is 29.8 Å². The number of Topliss-reactive ketones (excluding diaryl/α,β-unsaturated/α-hetero) is 1. The molecule has 1 aromatic carbocycles. The van der Waals surface area contributed by atoms with E-state index in [4.69, 9.17) is 4.74 Å². The van der Waals surface area contributed by atoms with Crippen LogP contribution in [0.2, 0.25) is 0 Å². The first-order valence-corrected chi connectivity index (χ1v) is 8.53. The highest BCUT2D eigenvalue weighted by atomic mass is 16.5. The first kappa shape index (κ1) is 16.0. The van der Waals surface area contributed by atoms with Crippen LogP contribution in [0.25, 0.3) is 0 Å². The van der Waals surface area contributed by atoms with E-state index in [0.29, 0.717) is 31.0 Å². The highest BCUT2D eigenvalue weighted by molar-refractivity contribution is 5.82. The predicted octanol–water partition coefficient (Wildman–Crippen LogP) is 2.94. The summed E-state index contributed by atoms with van der Waals surface area (Å²) in [5.74, 6) is 1.76. The topological polar surface area (TPSA) is 46.6 Å². The van der Waals surface area contributed by atoms with Gasteiger partial charge in [0.05, 0.1) is 7.11 Å². The first-order valence-electron chi connectivity index (χ1n) is 8.53. The average molecular weight is 315 g/mol. The number of ketones is 1. The van der Waals surface area contributed by atoms with Crippen LogP contribution in [0.1, 0.15) is 44.6 Å². The van der Waals surface area contributed by atoms with E-state index in [2.05, 4.69) is 12.1 Å². The minimum atomic E-state index is -0.131. The molecule has 1 saturated heterocycles. The molecule has 2 unspecified atom stereocenters. The van der Waals surface area contributed by atoms with E-state index in [1.165, 1.54) is 5.56 Å². The van der Waals surface area contributed by atoms with Crippen LogP contribution in [0.15, 0.2) is 24.3 Å². The Hall–Kier alpha value is -1.84. The standard InChI is InChI=1S/C19H25NO3/c1-3-18(22)20-10-9-19(12-16(21)8-7-15(19)13-20)14-5-4-6-17(11-14)23-2/h4-6,11,15H,3,7-10,12-13H2,1-2H3. The van der Waals surface area contributed by atoms with Crippen molar-refractivity contribution in [3.63, 3.8) is 0 Å². The number of fused-ring (bicyclic) bond motifs is 1. The van der Waals surface area contributed by atoms with Gasteiger partial charge in [0.25, 0.3) is 0 Å². The van der Waals surface area contributed by atoms with Crippen LogP contribution < -0.4 is 4.74 Å². The summed E-state index contributed by atoms with van der Waals surface area (Å²) >= 11 is 0. The van der Waals surface area contributed by atoms with Gasteiger partial charge in [0.1, 0.15) is 11.5 Å². The highest BCUT2D eigenvalue weighted by Crippen LogP contribution is 2.48. The zero-order valence-corrected chi connectivity index (χ0v) is 14.0. The van der Waals surface area contributed by atoms with E-state index in [0.717, 1.165) is 31.7 Å². The molecule has 1 aliphatic heterocycles. The van der Waals surface area contributed by atoms with Crippen molar-refractivity contribution in [2.24, 2.45) is 5.92 Å². The molecular formula is C19H25NO3. The molecule has 0 radical (unpaired) electrons. The quantitative estimate of drug-likeness (QED) is 0.861.